The molecule has 23 heavy (non-hydrogen) atoms. The van der Waals surface area contributed by atoms with Crippen LogP contribution in [0.15, 0.2) is 9.59 Å². The SMILES string of the molecule is COC(=O)Cn1c(N2CCOCC2)nc2c1c(=O)[nH]c(=O)n2C. The molecule has 1 aliphatic heterocycles. The number of methoxy groups -OCH3 is 1. The number of fused-ring (bicyclic) bond motifs is 1. The summed E-state index contributed by atoms with van der Waals surface area (Å²) in [5.41, 5.74) is -0.749. The molecule has 0 aromatic carbocycles. The molecule has 0 atom stereocenters. The van der Waals surface area contributed by atoms with Crippen molar-refractivity contribution < 1.29 is 14.3 Å². The molecule has 0 amide bonds. The van der Waals surface area contributed by atoms with Gasteiger partial charge >= 0.3 is 11.7 Å². The third-order valence-corrected chi connectivity index (χ3v) is 3.80. The summed E-state index contributed by atoms with van der Waals surface area (Å²) in [6, 6.07) is 0. The van der Waals surface area contributed by atoms with Crippen molar-refractivity contribution in [1.29, 1.82) is 0 Å². The zero-order valence-electron chi connectivity index (χ0n) is 12.9. The number of nitrogens with one attached hydrogen (secondary N) is 1. The first kappa shape index (κ1) is 15.3. The minimum Gasteiger partial charge on any atom is -0.468 e. The van der Waals surface area contributed by atoms with Crippen LogP contribution in [0.2, 0.25) is 0 Å². The van der Waals surface area contributed by atoms with Crippen LogP contribution < -0.4 is 16.1 Å². The molecule has 0 saturated carbocycles. The maximum absolute atomic E-state index is 12.2. The third kappa shape index (κ3) is 2.61. The quantitative estimate of drug-likeness (QED) is 0.679. The number of carbonyl (C=O) groups is 1. The number of anilines is 1. The number of imidazole rings is 1. The number of hydrogen-bond donors (Lipinski definition) is 1. The van der Waals surface area contributed by atoms with Crippen LogP contribution in [-0.2, 0) is 27.9 Å². The number of ether oxygens (including phenoxy) is 2. The van der Waals surface area contributed by atoms with E-state index in [1.54, 1.807) is 0 Å². The van der Waals surface area contributed by atoms with E-state index in [1.807, 2.05) is 4.90 Å². The van der Waals surface area contributed by atoms with E-state index in [9.17, 15) is 14.4 Å². The molecule has 0 aliphatic carbocycles. The van der Waals surface area contributed by atoms with Crippen molar-refractivity contribution in [3.05, 3.63) is 20.8 Å². The molecule has 1 saturated heterocycles. The highest BCUT2D eigenvalue weighted by Gasteiger charge is 2.24. The van der Waals surface area contributed by atoms with E-state index in [-0.39, 0.29) is 17.7 Å². The van der Waals surface area contributed by atoms with Gasteiger partial charge < -0.3 is 14.4 Å². The van der Waals surface area contributed by atoms with Gasteiger partial charge in [0.25, 0.3) is 5.56 Å². The molecule has 124 valence electrons. The Hall–Kier alpha value is -2.62. The second-order valence-corrected chi connectivity index (χ2v) is 5.16. The third-order valence-electron chi connectivity index (χ3n) is 3.80. The molecule has 3 rings (SSSR count). The average Bonchev–Trinajstić information content (AvgIpc) is 2.93. The molecular weight excluding hydrogens is 306 g/mol. The monoisotopic (exact) mass is 323 g/mol. The van der Waals surface area contributed by atoms with Crippen molar-refractivity contribution in [3.8, 4) is 0 Å². The largest absolute Gasteiger partial charge is 0.468 e. The fourth-order valence-corrected chi connectivity index (χ4v) is 2.57. The van der Waals surface area contributed by atoms with Crippen molar-refractivity contribution in [1.82, 2.24) is 19.1 Å². The van der Waals surface area contributed by atoms with E-state index in [0.29, 0.717) is 32.3 Å². The van der Waals surface area contributed by atoms with Crippen LogP contribution in [0.4, 0.5) is 5.95 Å². The fourth-order valence-electron chi connectivity index (χ4n) is 2.57. The Morgan fingerprint density at radius 1 is 1.35 bits per heavy atom. The molecule has 10 nitrogen and oxygen atoms in total. The molecule has 2 aromatic heterocycles. The Bertz CT molecular complexity index is 858. The van der Waals surface area contributed by atoms with Gasteiger partial charge in [-0.2, -0.15) is 4.98 Å². The molecule has 1 N–H and O–H groups in total. The van der Waals surface area contributed by atoms with Gasteiger partial charge in [-0.25, -0.2) is 4.79 Å². The first-order chi connectivity index (χ1) is 11.0. The zero-order valence-corrected chi connectivity index (χ0v) is 12.9. The van der Waals surface area contributed by atoms with Crippen molar-refractivity contribution in [3.63, 3.8) is 0 Å². The highest BCUT2D eigenvalue weighted by Crippen LogP contribution is 2.20. The molecule has 10 heteroatoms. The summed E-state index contributed by atoms with van der Waals surface area (Å²) in [6.45, 7) is 2.04. The molecule has 1 aliphatic rings. The lowest BCUT2D eigenvalue weighted by Gasteiger charge is -2.27. The fraction of sp³-hybridized carbons (Fsp3) is 0.538. The van der Waals surface area contributed by atoms with Crippen LogP contribution in [0.25, 0.3) is 11.2 Å². The number of rotatable bonds is 3. The number of hydrogen-bond acceptors (Lipinski definition) is 7. The Morgan fingerprint density at radius 3 is 2.70 bits per heavy atom. The Balaban J connectivity index is 2.24. The standard InChI is InChI=1S/C13H17N5O5/c1-16-10-9(11(20)15-13(16)21)18(7-8(19)22-2)12(14-10)17-3-5-23-6-4-17/h3-7H2,1-2H3,(H,15,20,21). The van der Waals surface area contributed by atoms with E-state index in [1.165, 1.54) is 23.3 Å². The van der Waals surface area contributed by atoms with E-state index in [2.05, 4.69) is 9.97 Å². The van der Waals surface area contributed by atoms with Gasteiger partial charge in [-0.15, -0.1) is 0 Å². The summed E-state index contributed by atoms with van der Waals surface area (Å²) >= 11 is 0. The topological polar surface area (TPSA) is 111 Å². The average molecular weight is 323 g/mol. The van der Waals surface area contributed by atoms with Crippen LogP contribution in [0, 0.1) is 0 Å². The minimum atomic E-state index is -0.584. The molecule has 0 spiro atoms. The van der Waals surface area contributed by atoms with Crippen LogP contribution in [0.1, 0.15) is 0 Å². The molecule has 0 bridgehead atoms. The molecule has 2 aromatic rings. The van der Waals surface area contributed by atoms with Gasteiger partial charge in [-0.3, -0.25) is 23.7 Å². The van der Waals surface area contributed by atoms with E-state index in [0.717, 1.165) is 0 Å². The molecule has 0 radical (unpaired) electrons. The Kier molecular flexibility index (Phi) is 3.90. The second kappa shape index (κ2) is 5.88. The lowest BCUT2D eigenvalue weighted by molar-refractivity contribution is -0.141. The highest BCUT2D eigenvalue weighted by atomic mass is 16.5. The summed E-state index contributed by atoms with van der Waals surface area (Å²) in [6.07, 6.45) is 0. The smallest absolute Gasteiger partial charge is 0.329 e. The van der Waals surface area contributed by atoms with Crippen LogP contribution in [0.5, 0.6) is 0 Å². The lowest BCUT2D eigenvalue weighted by Crippen LogP contribution is -2.38. The van der Waals surface area contributed by atoms with Gasteiger partial charge in [0, 0.05) is 20.1 Å². The maximum atomic E-state index is 12.2. The second-order valence-electron chi connectivity index (χ2n) is 5.16. The predicted octanol–water partition coefficient (Wildman–Crippen LogP) is -1.57. The summed E-state index contributed by atoms with van der Waals surface area (Å²) in [7, 11) is 2.79. The summed E-state index contributed by atoms with van der Waals surface area (Å²) in [5, 5.41) is 0. The predicted molar refractivity (Wildman–Crippen MR) is 80.6 cm³/mol. The number of aromatic nitrogens is 4. The number of aryl methyl sites for hydroxylation is 1. The molecular formula is C13H17N5O5. The number of aromatic amines is 1. The summed E-state index contributed by atoms with van der Waals surface area (Å²) in [5.74, 6) is -0.0625. The van der Waals surface area contributed by atoms with Crippen molar-refractivity contribution in [2.24, 2.45) is 7.05 Å². The van der Waals surface area contributed by atoms with Crippen molar-refractivity contribution in [2.75, 3.05) is 38.3 Å². The van der Waals surface area contributed by atoms with Crippen LogP contribution >= 0.6 is 0 Å². The van der Waals surface area contributed by atoms with E-state index < -0.39 is 17.2 Å². The van der Waals surface area contributed by atoms with E-state index >= 15 is 0 Å². The number of H-pyrrole nitrogens is 1. The van der Waals surface area contributed by atoms with Gasteiger partial charge in [0.1, 0.15) is 6.54 Å². The van der Waals surface area contributed by atoms with Crippen molar-refractivity contribution >= 4 is 23.1 Å². The lowest BCUT2D eigenvalue weighted by atomic mass is 10.4. The maximum Gasteiger partial charge on any atom is 0.329 e. The van der Waals surface area contributed by atoms with Gasteiger partial charge in [0.15, 0.2) is 11.2 Å². The number of morpholine rings is 1. The molecule has 3 heterocycles. The molecule has 1 fully saturated rings. The van der Waals surface area contributed by atoms with Crippen molar-refractivity contribution in [2.45, 2.75) is 6.54 Å². The number of esters is 1. The van der Waals surface area contributed by atoms with Gasteiger partial charge in [-0.1, -0.05) is 0 Å². The minimum absolute atomic E-state index is 0.166. The Labute approximate surface area is 130 Å². The van der Waals surface area contributed by atoms with Gasteiger partial charge in [-0.05, 0) is 0 Å². The highest BCUT2D eigenvalue weighted by molar-refractivity contribution is 5.78. The van der Waals surface area contributed by atoms with Gasteiger partial charge in [0.05, 0.1) is 20.3 Å². The van der Waals surface area contributed by atoms with Crippen LogP contribution in [0.3, 0.4) is 0 Å². The Morgan fingerprint density at radius 2 is 2.04 bits per heavy atom. The molecule has 0 unspecified atom stereocenters. The van der Waals surface area contributed by atoms with E-state index in [4.69, 9.17) is 9.47 Å². The number of nitrogens with zero attached hydrogens (tertiary/aromatic N) is 4. The van der Waals surface area contributed by atoms with Crippen LogP contribution in [-0.4, -0.2) is 58.5 Å². The first-order valence-corrected chi connectivity index (χ1v) is 7.12. The number of carbonyl (C=O) groups excluding carboxylic acids is 1. The first-order valence-electron chi connectivity index (χ1n) is 7.12. The summed E-state index contributed by atoms with van der Waals surface area (Å²) in [4.78, 5) is 44.3. The summed E-state index contributed by atoms with van der Waals surface area (Å²) < 4.78 is 12.7. The zero-order chi connectivity index (χ0) is 16.6. The normalized spacial score (nSPS) is 15.1. The van der Waals surface area contributed by atoms with Gasteiger partial charge in [0.2, 0.25) is 5.95 Å².